The Bertz CT molecular complexity index is 1000. The highest BCUT2D eigenvalue weighted by atomic mass is 79.9. The number of methoxy groups -OCH3 is 2. The van der Waals surface area contributed by atoms with Crippen molar-refractivity contribution in [3.63, 3.8) is 0 Å². The molecule has 0 bridgehead atoms. The molecule has 8 heteroatoms. The van der Waals surface area contributed by atoms with E-state index in [4.69, 9.17) is 9.47 Å². The van der Waals surface area contributed by atoms with E-state index in [0.29, 0.717) is 40.2 Å². The molecule has 2 aromatic rings. The quantitative estimate of drug-likeness (QED) is 0.771. The lowest BCUT2D eigenvalue weighted by atomic mass is 10.1. The first-order valence-electron chi connectivity index (χ1n) is 7.68. The average Bonchev–Trinajstić information content (AvgIpc) is 3.09. The zero-order valence-electron chi connectivity index (χ0n) is 13.8. The van der Waals surface area contributed by atoms with Gasteiger partial charge in [0.05, 0.1) is 20.8 Å². The zero-order chi connectivity index (χ0) is 18.1. The minimum atomic E-state index is -0.553. The first-order chi connectivity index (χ1) is 12.0. The molecule has 25 heavy (non-hydrogen) atoms. The number of halogens is 1. The van der Waals surface area contributed by atoms with Crippen LogP contribution in [-0.4, -0.2) is 23.4 Å². The van der Waals surface area contributed by atoms with E-state index < -0.39 is 11.2 Å². The third-order valence-corrected chi connectivity index (χ3v) is 5.06. The Morgan fingerprint density at radius 3 is 2.56 bits per heavy atom. The summed E-state index contributed by atoms with van der Waals surface area (Å²) in [6.07, 6.45) is 1.34. The molecule has 1 aliphatic rings. The van der Waals surface area contributed by atoms with Crippen LogP contribution in [0.25, 0.3) is 0 Å². The van der Waals surface area contributed by atoms with Crippen LogP contribution in [0.3, 0.4) is 0 Å². The van der Waals surface area contributed by atoms with E-state index in [1.807, 2.05) is 6.07 Å². The second kappa shape index (κ2) is 6.76. The maximum absolute atomic E-state index is 12.7. The molecule has 0 atom stereocenters. The summed E-state index contributed by atoms with van der Waals surface area (Å²) in [5.74, 6) is 1.03. The predicted molar refractivity (Wildman–Crippen MR) is 94.3 cm³/mol. The Kier molecular flexibility index (Phi) is 4.68. The molecule has 0 saturated heterocycles. The topological polar surface area (TPSA) is 86.2 Å². The van der Waals surface area contributed by atoms with Gasteiger partial charge >= 0.3 is 5.69 Å². The van der Waals surface area contributed by atoms with Crippen LogP contribution in [0.1, 0.15) is 23.2 Å². The molecule has 130 valence electrons. The first-order valence-corrected chi connectivity index (χ1v) is 8.48. The Balaban J connectivity index is 2.16. The highest BCUT2D eigenvalue weighted by Gasteiger charge is 2.23. The van der Waals surface area contributed by atoms with Gasteiger partial charge in [-0.3, -0.25) is 13.9 Å². The molecular weight excluding hydrogens is 390 g/mol. The number of benzene rings is 1. The Morgan fingerprint density at radius 1 is 1.24 bits per heavy atom. The molecule has 1 aromatic carbocycles. The minimum Gasteiger partial charge on any atom is -0.493 e. The van der Waals surface area contributed by atoms with Gasteiger partial charge in [-0.25, -0.2) is 4.79 Å². The molecule has 1 aromatic heterocycles. The van der Waals surface area contributed by atoms with E-state index in [-0.39, 0.29) is 12.1 Å². The molecule has 0 saturated carbocycles. The SMILES string of the molecule is COc1cc(Br)c(Cn2c(=O)c(C#N)c3n(c2=O)CCC3)cc1OC. The van der Waals surface area contributed by atoms with Gasteiger partial charge in [-0.2, -0.15) is 5.26 Å². The van der Waals surface area contributed by atoms with E-state index in [1.54, 1.807) is 12.1 Å². The van der Waals surface area contributed by atoms with Gasteiger partial charge in [0, 0.05) is 16.7 Å². The zero-order valence-corrected chi connectivity index (χ0v) is 15.4. The second-order valence-corrected chi connectivity index (χ2v) is 6.52. The number of nitrogens with zero attached hydrogens (tertiary/aromatic N) is 3. The Labute approximate surface area is 152 Å². The van der Waals surface area contributed by atoms with Crippen LogP contribution < -0.4 is 20.7 Å². The number of nitriles is 1. The van der Waals surface area contributed by atoms with Gasteiger partial charge in [0.2, 0.25) is 0 Å². The van der Waals surface area contributed by atoms with Crippen LogP contribution in [0.5, 0.6) is 11.5 Å². The minimum absolute atomic E-state index is 0.0353. The van der Waals surface area contributed by atoms with E-state index >= 15 is 0 Å². The largest absolute Gasteiger partial charge is 0.493 e. The van der Waals surface area contributed by atoms with Gasteiger partial charge in [-0.05, 0) is 30.5 Å². The lowest BCUT2D eigenvalue weighted by Crippen LogP contribution is -2.42. The van der Waals surface area contributed by atoms with Gasteiger partial charge in [-0.1, -0.05) is 15.9 Å². The molecule has 7 nitrogen and oxygen atoms in total. The summed E-state index contributed by atoms with van der Waals surface area (Å²) in [7, 11) is 3.04. The lowest BCUT2D eigenvalue weighted by molar-refractivity contribution is 0.354. The van der Waals surface area contributed by atoms with Crippen molar-refractivity contribution in [3.05, 3.63) is 54.3 Å². The lowest BCUT2D eigenvalue weighted by Gasteiger charge is -2.14. The third kappa shape index (κ3) is 2.85. The predicted octanol–water partition coefficient (Wildman–Crippen LogP) is 1.66. The number of hydrogen-bond donors (Lipinski definition) is 0. The highest BCUT2D eigenvalue weighted by Crippen LogP contribution is 2.33. The summed E-state index contributed by atoms with van der Waals surface area (Å²) in [5.41, 5.74) is 0.327. The van der Waals surface area contributed by atoms with Crippen molar-refractivity contribution in [2.24, 2.45) is 0 Å². The van der Waals surface area contributed by atoms with Gasteiger partial charge in [0.1, 0.15) is 11.6 Å². The van der Waals surface area contributed by atoms with Gasteiger partial charge in [0.15, 0.2) is 11.5 Å². The summed E-state index contributed by atoms with van der Waals surface area (Å²) < 4.78 is 13.8. The summed E-state index contributed by atoms with van der Waals surface area (Å²) in [6, 6.07) is 5.38. The van der Waals surface area contributed by atoms with Crippen molar-refractivity contribution in [1.82, 2.24) is 9.13 Å². The van der Waals surface area contributed by atoms with Gasteiger partial charge < -0.3 is 9.47 Å². The monoisotopic (exact) mass is 405 g/mol. The fourth-order valence-corrected chi connectivity index (χ4v) is 3.52. The fourth-order valence-electron chi connectivity index (χ4n) is 3.08. The normalized spacial score (nSPS) is 12.6. The Morgan fingerprint density at radius 2 is 1.92 bits per heavy atom. The maximum atomic E-state index is 12.7. The standard InChI is InChI=1S/C17H16BrN3O4/c1-24-14-6-10(12(18)7-15(14)25-2)9-21-16(22)11(8-19)13-4-3-5-20(13)17(21)23/h6-7H,3-5,9H2,1-2H3. The van der Waals surface area contributed by atoms with Crippen LogP contribution >= 0.6 is 15.9 Å². The number of fused-ring (bicyclic) bond motifs is 1. The van der Waals surface area contributed by atoms with E-state index in [9.17, 15) is 14.9 Å². The van der Waals surface area contributed by atoms with E-state index in [1.165, 1.54) is 18.8 Å². The third-order valence-electron chi connectivity index (χ3n) is 4.32. The molecular formula is C17H16BrN3O4. The van der Waals surface area contributed by atoms with Crippen LogP contribution in [-0.2, 0) is 19.5 Å². The molecule has 0 radical (unpaired) electrons. The highest BCUT2D eigenvalue weighted by molar-refractivity contribution is 9.10. The number of hydrogen-bond acceptors (Lipinski definition) is 5. The van der Waals surface area contributed by atoms with Crippen LogP contribution in [0.2, 0.25) is 0 Å². The number of aromatic nitrogens is 2. The van der Waals surface area contributed by atoms with Crippen molar-refractivity contribution in [2.75, 3.05) is 14.2 Å². The fraction of sp³-hybridized carbons (Fsp3) is 0.353. The summed E-state index contributed by atoms with van der Waals surface area (Å²) in [6.45, 7) is 0.559. The molecule has 0 unspecified atom stereocenters. The number of ether oxygens (including phenoxy) is 2. The summed E-state index contributed by atoms with van der Waals surface area (Å²) in [5, 5.41) is 9.34. The van der Waals surface area contributed by atoms with Crippen molar-refractivity contribution in [2.45, 2.75) is 25.9 Å². The molecule has 0 amide bonds. The van der Waals surface area contributed by atoms with Crippen molar-refractivity contribution in [3.8, 4) is 17.6 Å². The van der Waals surface area contributed by atoms with E-state index in [2.05, 4.69) is 15.9 Å². The van der Waals surface area contributed by atoms with Gasteiger partial charge in [-0.15, -0.1) is 0 Å². The summed E-state index contributed by atoms with van der Waals surface area (Å²) in [4.78, 5) is 25.3. The van der Waals surface area contributed by atoms with E-state index in [0.717, 1.165) is 11.0 Å². The average molecular weight is 406 g/mol. The van der Waals surface area contributed by atoms with Crippen LogP contribution in [0, 0.1) is 11.3 Å². The molecule has 0 spiro atoms. The smallest absolute Gasteiger partial charge is 0.331 e. The molecule has 3 rings (SSSR count). The molecule has 0 N–H and O–H groups in total. The maximum Gasteiger partial charge on any atom is 0.331 e. The van der Waals surface area contributed by atoms with Crippen LogP contribution in [0.15, 0.2) is 26.2 Å². The molecule has 0 aliphatic carbocycles. The molecule has 0 fully saturated rings. The molecule has 2 heterocycles. The van der Waals surface area contributed by atoms with Crippen molar-refractivity contribution >= 4 is 15.9 Å². The second-order valence-electron chi connectivity index (χ2n) is 5.66. The van der Waals surface area contributed by atoms with Gasteiger partial charge in [0.25, 0.3) is 5.56 Å². The first kappa shape index (κ1) is 17.3. The number of rotatable bonds is 4. The van der Waals surface area contributed by atoms with Crippen molar-refractivity contribution < 1.29 is 9.47 Å². The molecule has 1 aliphatic heterocycles. The Hall–Kier alpha value is -2.53. The van der Waals surface area contributed by atoms with Crippen LogP contribution in [0.4, 0.5) is 0 Å². The summed E-state index contributed by atoms with van der Waals surface area (Å²) >= 11 is 3.43. The van der Waals surface area contributed by atoms with Crippen molar-refractivity contribution in [1.29, 1.82) is 5.26 Å².